The fourth-order valence-electron chi connectivity index (χ4n) is 4.36. The first kappa shape index (κ1) is 20.7. The zero-order valence-electron chi connectivity index (χ0n) is 17.6. The molecule has 0 radical (unpaired) electrons. The number of aryl methyl sites for hydroxylation is 2. The number of fused-ring (bicyclic) bond motifs is 1. The number of nitrogens with one attached hydrogen (secondary N) is 1. The first-order valence-electron chi connectivity index (χ1n) is 10.8. The third kappa shape index (κ3) is 3.78. The maximum absolute atomic E-state index is 12.9. The van der Waals surface area contributed by atoms with Gasteiger partial charge in [0.15, 0.2) is 5.69 Å². The van der Waals surface area contributed by atoms with E-state index >= 15 is 0 Å². The predicted octanol–water partition coefficient (Wildman–Crippen LogP) is 4.23. The molecule has 1 aliphatic heterocycles. The Morgan fingerprint density at radius 2 is 1.94 bits per heavy atom. The highest BCUT2D eigenvalue weighted by Crippen LogP contribution is 2.37. The number of amides is 1. The Labute approximate surface area is 182 Å². The van der Waals surface area contributed by atoms with Gasteiger partial charge in [-0.3, -0.25) is 19.1 Å². The van der Waals surface area contributed by atoms with Crippen LogP contribution in [0.15, 0.2) is 30.5 Å². The van der Waals surface area contributed by atoms with E-state index in [1.54, 1.807) is 6.20 Å². The number of aromatic nitrogens is 5. The lowest BCUT2D eigenvalue weighted by Crippen LogP contribution is -2.33. The van der Waals surface area contributed by atoms with Crippen molar-refractivity contribution in [2.24, 2.45) is 7.05 Å². The molecule has 4 heterocycles. The monoisotopic (exact) mass is 444 g/mol. The van der Waals surface area contributed by atoms with Gasteiger partial charge in [-0.2, -0.15) is 23.4 Å². The molecular weight excluding hydrogens is 421 g/mol. The Kier molecular flexibility index (Phi) is 5.02. The van der Waals surface area contributed by atoms with Crippen LogP contribution in [0.3, 0.4) is 0 Å². The molecule has 0 saturated heterocycles. The van der Waals surface area contributed by atoms with Crippen LogP contribution >= 0.6 is 0 Å². The molecule has 5 rings (SSSR count). The summed E-state index contributed by atoms with van der Waals surface area (Å²) in [5, 5.41) is 11.0. The molecule has 10 heteroatoms. The van der Waals surface area contributed by atoms with Gasteiger partial charge >= 0.3 is 6.18 Å². The normalized spacial score (nSPS) is 18.8. The van der Waals surface area contributed by atoms with Crippen molar-refractivity contribution in [3.8, 4) is 11.3 Å². The second kappa shape index (κ2) is 7.75. The minimum absolute atomic E-state index is 0.131. The van der Waals surface area contributed by atoms with Crippen molar-refractivity contribution in [3.05, 3.63) is 53.2 Å². The number of carbonyl (C=O) groups excluding carboxylic acids is 1. The van der Waals surface area contributed by atoms with Gasteiger partial charge in [0, 0.05) is 43.0 Å². The van der Waals surface area contributed by atoms with Gasteiger partial charge in [0.1, 0.15) is 5.69 Å². The van der Waals surface area contributed by atoms with E-state index in [1.165, 1.54) is 13.5 Å². The zero-order chi connectivity index (χ0) is 22.5. The molecule has 3 aromatic rings. The van der Waals surface area contributed by atoms with E-state index in [2.05, 4.69) is 21.5 Å². The van der Waals surface area contributed by atoms with Crippen molar-refractivity contribution in [3.63, 3.8) is 0 Å². The van der Waals surface area contributed by atoms with Crippen LogP contribution in [0, 0.1) is 0 Å². The molecule has 1 atom stereocenters. The number of rotatable bonds is 4. The Hall–Kier alpha value is -3.17. The number of alkyl halides is 3. The topological polar surface area (TPSA) is 77.6 Å². The lowest BCUT2D eigenvalue weighted by molar-refractivity contribution is -0.141. The molecule has 1 amide bonds. The number of hydrogen-bond donors (Lipinski definition) is 1. The zero-order valence-corrected chi connectivity index (χ0v) is 17.6. The van der Waals surface area contributed by atoms with Crippen molar-refractivity contribution < 1.29 is 18.0 Å². The van der Waals surface area contributed by atoms with Crippen LogP contribution in [0.2, 0.25) is 0 Å². The van der Waals surface area contributed by atoms with Crippen LogP contribution in [0.1, 0.15) is 71.6 Å². The first-order valence-corrected chi connectivity index (χ1v) is 10.8. The molecule has 1 N–H and O–H groups in total. The smallest absolute Gasteiger partial charge is 0.342 e. The maximum Gasteiger partial charge on any atom is 0.435 e. The molecule has 0 aromatic carbocycles. The molecule has 32 heavy (non-hydrogen) atoms. The first-order chi connectivity index (χ1) is 15.3. The second-order valence-electron chi connectivity index (χ2n) is 8.48. The average molecular weight is 444 g/mol. The Bertz CT molecular complexity index is 1160. The van der Waals surface area contributed by atoms with Crippen LogP contribution in [0.5, 0.6) is 0 Å². The van der Waals surface area contributed by atoms with E-state index in [0.717, 1.165) is 59.2 Å². The summed E-state index contributed by atoms with van der Waals surface area (Å²) in [6.45, 7) is 0.728. The molecule has 1 fully saturated rings. The van der Waals surface area contributed by atoms with E-state index in [1.807, 2.05) is 16.8 Å². The summed E-state index contributed by atoms with van der Waals surface area (Å²) < 4.78 is 41.7. The van der Waals surface area contributed by atoms with Crippen LogP contribution < -0.4 is 5.32 Å². The van der Waals surface area contributed by atoms with Gasteiger partial charge < -0.3 is 5.32 Å². The van der Waals surface area contributed by atoms with Crippen LogP contribution in [0.4, 0.5) is 13.2 Å². The van der Waals surface area contributed by atoms with Crippen LogP contribution in [-0.2, 0) is 19.8 Å². The fourth-order valence-corrected chi connectivity index (χ4v) is 4.36. The second-order valence-corrected chi connectivity index (χ2v) is 8.48. The highest BCUT2D eigenvalue weighted by atomic mass is 19.4. The van der Waals surface area contributed by atoms with E-state index < -0.39 is 17.8 Å². The van der Waals surface area contributed by atoms with Gasteiger partial charge in [-0.05, 0) is 43.9 Å². The third-order valence-corrected chi connectivity index (χ3v) is 6.34. The minimum atomic E-state index is -4.60. The SMILES string of the molecule is Cn1nc(C(F)(F)F)cc1C(=O)N[C@H]1CCCn2nc(-c3ccnc(C4CCC4)c3)cc21. The molecule has 1 aliphatic carbocycles. The van der Waals surface area contributed by atoms with Crippen molar-refractivity contribution in [2.75, 3.05) is 0 Å². The number of halogens is 3. The number of pyridine rings is 1. The highest BCUT2D eigenvalue weighted by Gasteiger charge is 2.36. The van der Waals surface area contributed by atoms with Crippen molar-refractivity contribution in [1.29, 1.82) is 0 Å². The molecule has 3 aromatic heterocycles. The summed E-state index contributed by atoms with van der Waals surface area (Å²) in [5.74, 6) is -0.0763. The molecular formula is C22H23F3N6O. The quantitative estimate of drug-likeness (QED) is 0.653. The number of carbonyl (C=O) groups is 1. The third-order valence-electron chi connectivity index (χ3n) is 6.34. The largest absolute Gasteiger partial charge is 0.435 e. The number of hydrogen-bond acceptors (Lipinski definition) is 4. The molecule has 7 nitrogen and oxygen atoms in total. The molecule has 0 unspecified atom stereocenters. The summed E-state index contributed by atoms with van der Waals surface area (Å²) in [4.78, 5) is 17.2. The van der Waals surface area contributed by atoms with Crippen molar-refractivity contribution in [2.45, 2.75) is 56.8 Å². The molecule has 168 valence electrons. The number of nitrogens with zero attached hydrogens (tertiary/aromatic N) is 5. The van der Waals surface area contributed by atoms with E-state index in [0.29, 0.717) is 12.3 Å². The standard InChI is InChI=1S/C22H23F3N6O/c1-30-19(12-20(29-30)22(23,24)25)21(32)27-15-6-3-9-31-18(15)11-17(28-31)14-7-8-26-16(10-14)13-4-2-5-13/h7-8,10-13,15H,2-6,9H2,1H3,(H,27,32)/t15-/m0/s1. The summed E-state index contributed by atoms with van der Waals surface area (Å²) in [5.41, 5.74) is 2.51. The van der Waals surface area contributed by atoms with Gasteiger partial charge in [0.05, 0.1) is 17.4 Å². The highest BCUT2D eigenvalue weighted by molar-refractivity contribution is 5.93. The molecule has 0 spiro atoms. The van der Waals surface area contributed by atoms with Crippen molar-refractivity contribution >= 4 is 5.91 Å². The Balaban J connectivity index is 1.38. The van der Waals surface area contributed by atoms with Gasteiger partial charge in [-0.25, -0.2) is 0 Å². The van der Waals surface area contributed by atoms with E-state index in [4.69, 9.17) is 5.10 Å². The predicted molar refractivity (Wildman–Crippen MR) is 110 cm³/mol. The summed E-state index contributed by atoms with van der Waals surface area (Å²) >= 11 is 0. The fraction of sp³-hybridized carbons (Fsp3) is 0.455. The van der Waals surface area contributed by atoms with Gasteiger partial charge in [-0.1, -0.05) is 6.42 Å². The molecule has 0 bridgehead atoms. The van der Waals surface area contributed by atoms with Crippen molar-refractivity contribution in [1.82, 2.24) is 29.9 Å². The van der Waals surface area contributed by atoms with Crippen LogP contribution in [-0.4, -0.2) is 30.5 Å². The van der Waals surface area contributed by atoms with Gasteiger partial charge in [0.25, 0.3) is 5.91 Å². The molecule has 2 aliphatic rings. The van der Waals surface area contributed by atoms with E-state index in [-0.39, 0.29) is 11.7 Å². The summed E-state index contributed by atoms with van der Waals surface area (Å²) in [6, 6.07) is 6.40. The lowest BCUT2D eigenvalue weighted by Gasteiger charge is -2.24. The lowest BCUT2D eigenvalue weighted by atomic mass is 9.82. The van der Waals surface area contributed by atoms with Gasteiger partial charge in [-0.15, -0.1) is 0 Å². The summed E-state index contributed by atoms with van der Waals surface area (Å²) in [6.07, 6.45) is 2.26. The summed E-state index contributed by atoms with van der Waals surface area (Å²) in [7, 11) is 1.33. The minimum Gasteiger partial charge on any atom is -0.342 e. The molecule has 1 saturated carbocycles. The Morgan fingerprint density at radius 3 is 2.62 bits per heavy atom. The average Bonchev–Trinajstić information content (AvgIpc) is 3.31. The van der Waals surface area contributed by atoms with Crippen LogP contribution in [0.25, 0.3) is 11.3 Å². The van der Waals surface area contributed by atoms with Gasteiger partial charge in [0.2, 0.25) is 0 Å². The Morgan fingerprint density at radius 1 is 1.12 bits per heavy atom. The maximum atomic E-state index is 12.9. The van der Waals surface area contributed by atoms with E-state index in [9.17, 15) is 18.0 Å².